The summed E-state index contributed by atoms with van der Waals surface area (Å²) in [5.74, 6) is -0.259. The number of esters is 1. The molecule has 3 atom stereocenters. The highest BCUT2D eigenvalue weighted by atomic mass is 16.5. The van der Waals surface area contributed by atoms with Gasteiger partial charge in [0.25, 0.3) is 0 Å². The third-order valence-electron chi connectivity index (χ3n) is 5.48. The standard InChI is InChI=1S/C19H27NO2/c1-18(2)9-16-10-19(3,12-18)13-20(16)11-14-5-7-15(8-6-14)17(21)22-4/h5-8,16H,9-13H2,1-4H3/p+1/t16-,19-/m1/s1. The molecule has 3 rings (SSSR count). The van der Waals surface area contributed by atoms with Gasteiger partial charge in [-0.25, -0.2) is 4.79 Å². The van der Waals surface area contributed by atoms with Crippen LogP contribution in [0.2, 0.25) is 0 Å². The van der Waals surface area contributed by atoms with Gasteiger partial charge in [0, 0.05) is 23.8 Å². The van der Waals surface area contributed by atoms with Gasteiger partial charge in [0.15, 0.2) is 0 Å². The van der Waals surface area contributed by atoms with Crippen LogP contribution < -0.4 is 4.90 Å². The first-order chi connectivity index (χ1) is 10.3. The fraction of sp³-hybridized carbons (Fsp3) is 0.632. The Morgan fingerprint density at radius 3 is 2.55 bits per heavy atom. The lowest BCUT2D eigenvalue weighted by Crippen LogP contribution is -3.12. The van der Waals surface area contributed by atoms with Crippen LogP contribution in [0.4, 0.5) is 0 Å². The van der Waals surface area contributed by atoms with Gasteiger partial charge in [-0.3, -0.25) is 0 Å². The van der Waals surface area contributed by atoms with Crippen molar-refractivity contribution < 1.29 is 14.4 Å². The Bertz CT molecular complexity index is 563. The van der Waals surface area contributed by atoms with Crippen molar-refractivity contribution in [2.24, 2.45) is 10.8 Å². The summed E-state index contributed by atoms with van der Waals surface area (Å²) in [6, 6.07) is 8.71. The van der Waals surface area contributed by atoms with Crippen LogP contribution in [0.3, 0.4) is 0 Å². The quantitative estimate of drug-likeness (QED) is 0.870. The number of ether oxygens (including phenoxy) is 1. The first-order valence-electron chi connectivity index (χ1n) is 8.32. The molecular formula is C19H28NO2+. The molecule has 1 aliphatic carbocycles. The van der Waals surface area contributed by atoms with Gasteiger partial charge in [-0.2, -0.15) is 0 Å². The average molecular weight is 302 g/mol. The third-order valence-corrected chi connectivity index (χ3v) is 5.48. The maximum Gasteiger partial charge on any atom is 0.337 e. The molecule has 1 aromatic rings. The van der Waals surface area contributed by atoms with Gasteiger partial charge in [-0.05, 0) is 24.0 Å². The molecule has 2 bridgehead atoms. The highest BCUT2D eigenvalue weighted by Gasteiger charge is 2.52. The van der Waals surface area contributed by atoms with E-state index in [0.717, 1.165) is 12.6 Å². The molecule has 1 heterocycles. The number of carbonyl (C=O) groups excluding carboxylic acids is 1. The summed E-state index contributed by atoms with van der Waals surface area (Å²) >= 11 is 0. The monoisotopic (exact) mass is 302 g/mol. The fourth-order valence-electron chi connectivity index (χ4n) is 5.10. The molecule has 3 nitrogen and oxygen atoms in total. The zero-order valence-electron chi connectivity index (χ0n) is 14.2. The molecule has 22 heavy (non-hydrogen) atoms. The smallest absolute Gasteiger partial charge is 0.337 e. The predicted octanol–water partition coefficient (Wildman–Crippen LogP) is 2.46. The van der Waals surface area contributed by atoms with E-state index in [1.807, 2.05) is 12.1 Å². The van der Waals surface area contributed by atoms with E-state index in [0.29, 0.717) is 16.4 Å². The number of methoxy groups -OCH3 is 1. The Morgan fingerprint density at radius 2 is 1.91 bits per heavy atom. The summed E-state index contributed by atoms with van der Waals surface area (Å²) in [6.07, 6.45) is 4.05. The Kier molecular flexibility index (Phi) is 3.80. The highest BCUT2D eigenvalue weighted by molar-refractivity contribution is 5.89. The number of benzene rings is 1. The van der Waals surface area contributed by atoms with Crippen LogP contribution in [0, 0.1) is 10.8 Å². The molecule has 1 aromatic carbocycles. The summed E-state index contributed by atoms with van der Waals surface area (Å²) in [6.45, 7) is 9.66. The van der Waals surface area contributed by atoms with E-state index in [1.165, 1.54) is 38.5 Å². The maximum atomic E-state index is 11.5. The summed E-state index contributed by atoms with van der Waals surface area (Å²) in [4.78, 5) is 13.2. The number of hydrogen-bond donors (Lipinski definition) is 1. The lowest BCUT2D eigenvalue weighted by molar-refractivity contribution is -0.928. The van der Waals surface area contributed by atoms with Gasteiger partial charge in [0.1, 0.15) is 6.54 Å². The van der Waals surface area contributed by atoms with Gasteiger partial charge in [-0.15, -0.1) is 0 Å². The zero-order chi connectivity index (χ0) is 16.0. The van der Waals surface area contributed by atoms with Crippen molar-refractivity contribution in [3.63, 3.8) is 0 Å². The van der Waals surface area contributed by atoms with Crippen molar-refractivity contribution >= 4 is 5.97 Å². The lowest BCUT2D eigenvalue weighted by atomic mass is 9.65. The Labute approximate surface area is 133 Å². The number of carbonyl (C=O) groups is 1. The van der Waals surface area contributed by atoms with Crippen molar-refractivity contribution in [1.29, 1.82) is 0 Å². The molecule has 3 heteroatoms. The predicted molar refractivity (Wildman–Crippen MR) is 86.8 cm³/mol. The number of hydrogen-bond acceptors (Lipinski definition) is 2. The Morgan fingerprint density at radius 1 is 1.23 bits per heavy atom. The number of rotatable bonds is 3. The van der Waals surface area contributed by atoms with Crippen molar-refractivity contribution in [2.45, 2.75) is 52.6 Å². The molecule has 120 valence electrons. The van der Waals surface area contributed by atoms with Gasteiger partial charge < -0.3 is 9.64 Å². The molecule has 1 saturated heterocycles. The van der Waals surface area contributed by atoms with Crippen LogP contribution in [0.1, 0.15) is 56.0 Å². The van der Waals surface area contributed by atoms with E-state index in [2.05, 4.69) is 32.9 Å². The first kappa shape index (κ1) is 15.5. The molecule has 1 saturated carbocycles. The summed E-state index contributed by atoms with van der Waals surface area (Å²) in [5.41, 5.74) is 2.94. The molecule has 0 spiro atoms. The van der Waals surface area contributed by atoms with Crippen LogP contribution >= 0.6 is 0 Å². The van der Waals surface area contributed by atoms with Crippen LogP contribution in [0.5, 0.6) is 0 Å². The van der Waals surface area contributed by atoms with Crippen molar-refractivity contribution in [2.75, 3.05) is 13.7 Å². The number of fused-ring (bicyclic) bond motifs is 2. The van der Waals surface area contributed by atoms with Gasteiger partial charge >= 0.3 is 5.97 Å². The van der Waals surface area contributed by atoms with E-state index in [4.69, 9.17) is 4.74 Å². The number of likely N-dealkylation sites (tertiary alicyclic amines) is 1. The SMILES string of the molecule is COC(=O)c1ccc(C[NH+]2C[C@]3(C)C[C@H]2CC(C)(C)C3)cc1. The minimum atomic E-state index is -0.259. The number of quaternary nitrogens is 1. The maximum absolute atomic E-state index is 11.5. The molecule has 0 radical (unpaired) electrons. The Hall–Kier alpha value is -1.35. The highest BCUT2D eigenvalue weighted by Crippen LogP contribution is 2.47. The van der Waals surface area contributed by atoms with Gasteiger partial charge in [0.2, 0.25) is 0 Å². The second-order valence-electron chi connectivity index (χ2n) is 8.46. The minimum absolute atomic E-state index is 0.259. The van der Waals surface area contributed by atoms with Crippen LogP contribution in [0.15, 0.2) is 24.3 Å². The molecule has 1 unspecified atom stereocenters. The molecule has 1 N–H and O–H groups in total. The summed E-state index contributed by atoms with van der Waals surface area (Å²) in [7, 11) is 1.42. The molecule has 0 aromatic heterocycles. The Balaban J connectivity index is 1.70. The van der Waals surface area contributed by atoms with E-state index in [-0.39, 0.29) is 5.97 Å². The van der Waals surface area contributed by atoms with Crippen LogP contribution in [-0.4, -0.2) is 25.7 Å². The van der Waals surface area contributed by atoms with Gasteiger partial charge in [-0.1, -0.05) is 32.9 Å². The number of nitrogens with one attached hydrogen (secondary N) is 1. The van der Waals surface area contributed by atoms with E-state index >= 15 is 0 Å². The molecule has 2 aliphatic rings. The second-order valence-corrected chi connectivity index (χ2v) is 8.46. The van der Waals surface area contributed by atoms with E-state index in [1.54, 1.807) is 4.90 Å². The second kappa shape index (κ2) is 5.38. The minimum Gasteiger partial charge on any atom is -0.465 e. The molecule has 2 fully saturated rings. The van der Waals surface area contributed by atoms with Crippen molar-refractivity contribution in [3.8, 4) is 0 Å². The topological polar surface area (TPSA) is 30.7 Å². The van der Waals surface area contributed by atoms with Crippen molar-refractivity contribution in [1.82, 2.24) is 0 Å². The third kappa shape index (κ3) is 3.05. The van der Waals surface area contributed by atoms with Crippen LogP contribution in [0.25, 0.3) is 0 Å². The van der Waals surface area contributed by atoms with Crippen LogP contribution in [-0.2, 0) is 11.3 Å². The van der Waals surface area contributed by atoms with Gasteiger partial charge in [0.05, 0.1) is 25.3 Å². The largest absolute Gasteiger partial charge is 0.465 e. The average Bonchev–Trinajstić information content (AvgIpc) is 2.67. The fourth-order valence-corrected chi connectivity index (χ4v) is 5.10. The summed E-state index contributed by atoms with van der Waals surface area (Å²) < 4.78 is 4.76. The lowest BCUT2D eigenvalue weighted by Gasteiger charge is -2.37. The van der Waals surface area contributed by atoms with E-state index in [9.17, 15) is 4.79 Å². The van der Waals surface area contributed by atoms with Crippen molar-refractivity contribution in [3.05, 3.63) is 35.4 Å². The molecule has 0 amide bonds. The normalized spacial score (nSPS) is 32.7. The molecule has 1 aliphatic heterocycles. The van der Waals surface area contributed by atoms with E-state index < -0.39 is 0 Å². The molecular weight excluding hydrogens is 274 g/mol. The first-order valence-corrected chi connectivity index (χ1v) is 8.32. The zero-order valence-corrected chi connectivity index (χ0v) is 14.2. The summed E-state index contributed by atoms with van der Waals surface area (Å²) in [5, 5.41) is 0.